The lowest BCUT2D eigenvalue weighted by Crippen LogP contribution is -2.46. The number of pyridine rings is 1. The standard InChI is InChI=1S/C21H25N3O5S/c1-6-15-8-7-9-17(10-15)30(27,28)23-13-14(2)29-19-18(23)11-16(12-22-19)24(20(25)26)21(3,4)5/h6-12,14H,1,13H2,2-5H3,(H,25,26)/t14-/m0/s1. The molecule has 1 aromatic carbocycles. The van der Waals surface area contributed by atoms with Gasteiger partial charge < -0.3 is 9.84 Å². The van der Waals surface area contributed by atoms with Gasteiger partial charge in [-0.15, -0.1) is 0 Å². The largest absolute Gasteiger partial charge is 0.471 e. The number of benzene rings is 1. The number of nitrogens with zero attached hydrogens (tertiary/aromatic N) is 3. The maximum atomic E-state index is 13.5. The summed E-state index contributed by atoms with van der Waals surface area (Å²) < 4.78 is 33.8. The van der Waals surface area contributed by atoms with Gasteiger partial charge >= 0.3 is 6.09 Å². The van der Waals surface area contributed by atoms with Crippen molar-refractivity contribution in [3.05, 3.63) is 48.7 Å². The van der Waals surface area contributed by atoms with Gasteiger partial charge in [0.25, 0.3) is 10.0 Å². The molecular formula is C21H25N3O5S. The van der Waals surface area contributed by atoms with Crippen LogP contribution < -0.4 is 13.9 Å². The molecule has 0 fully saturated rings. The Balaban J connectivity index is 2.16. The Morgan fingerprint density at radius 3 is 2.67 bits per heavy atom. The normalized spacial score (nSPS) is 16.4. The molecule has 30 heavy (non-hydrogen) atoms. The van der Waals surface area contributed by atoms with Crippen LogP contribution in [0.3, 0.4) is 0 Å². The van der Waals surface area contributed by atoms with Crippen molar-refractivity contribution in [3.8, 4) is 5.88 Å². The molecular weight excluding hydrogens is 406 g/mol. The van der Waals surface area contributed by atoms with Crippen molar-refractivity contribution in [2.75, 3.05) is 15.7 Å². The van der Waals surface area contributed by atoms with Crippen LogP contribution in [0.25, 0.3) is 6.08 Å². The van der Waals surface area contributed by atoms with Crippen LogP contribution in [0.1, 0.15) is 33.3 Å². The quantitative estimate of drug-likeness (QED) is 0.786. The summed E-state index contributed by atoms with van der Waals surface area (Å²) in [5.41, 5.74) is 0.373. The fourth-order valence-corrected chi connectivity index (χ4v) is 4.91. The van der Waals surface area contributed by atoms with Crippen LogP contribution in [0.4, 0.5) is 16.2 Å². The lowest BCUT2D eigenvalue weighted by Gasteiger charge is -2.36. The number of sulfonamides is 1. The molecule has 1 aliphatic heterocycles. The number of fused-ring (bicyclic) bond motifs is 1. The second-order valence-corrected chi connectivity index (χ2v) is 9.91. The monoisotopic (exact) mass is 431 g/mol. The Labute approximate surface area is 176 Å². The number of anilines is 2. The van der Waals surface area contributed by atoms with Crippen LogP contribution in [0, 0.1) is 0 Å². The van der Waals surface area contributed by atoms with E-state index in [0.717, 1.165) is 4.90 Å². The van der Waals surface area contributed by atoms with Crippen LogP contribution in [-0.2, 0) is 10.0 Å². The molecule has 3 rings (SSSR count). The third-order valence-electron chi connectivity index (χ3n) is 4.62. The molecule has 0 aliphatic carbocycles. The molecule has 0 saturated carbocycles. The molecule has 0 spiro atoms. The van der Waals surface area contributed by atoms with E-state index in [2.05, 4.69) is 11.6 Å². The van der Waals surface area contributed by atoms with Crippen LogP contribution in [0.2, 0.25) is 0 Å². The Morgan fingerprint density at radius 2 is 2.07 bits per heavy atom. The number of carboxylic acid groups (broad SMARTS) is 1. The van der Waals surface area contributed by atoms with Gasteiger partial charge in [-0.1, -0.05) is 24.8 Å². The van der Waals surface area contributed by atoms with Gasteiger partial charge in [-0.2, -0.15) is 0 Å². The number of amides is 1. The van der Waals surface area contributed by atoms with E-state index in [-0.39, 0.29) is 28.7 Å². The van der Waals surface area contributed by atoms with Crippen molar-refractivity contribution in [1.29, 1.82) is 0 Å². The maximum Gasteiger partial charge on any atom is 0.412 e. The molecule has 1 atom stereocenters. The molecule has 9 heteroatoms. The molecule has 0 unspecified atom stereocenters. The summed E-state index contributed by atoms with van der Waals surface area (Å²) in [6.45, 7) is 10.7. The first kappa shape index (κ1) is 21.6. The van der Waals surface area contributed by atoms with Crippen molar-refractivity contribution < 1.29 is 23.1 Å². The smallest absolute Gasteiger partial charge is 0.412 e. The van der Waals surface area contributed by atoms with E-state index in [1.54, 1.807) is 45.9 Å². The Hall–Kier alpha value is -3.07. The Bertz CT molecular complexity index is 1090. The van der Waals surface area contributed by atoms with Crippen molar-refractivity contribution in [3.63, 3.8) is 0 Å². The van der Waals surface area contributed by atoms with Gasteiger partial charge in [0.1, 0.15) is 11.8 Å². The second kappa shape index (κ2) is 7.64. The fourth-order valence-electron chi connectivity index (χ4n) is 3.32. The lowest BCUT2D eigenvalue weighted by molar-refractivity contribution is 0.195. The maximum absolute atomic E-state index is 13.5. The van der Waals surface area contributed by atoms with Gasteiger partial charge in [0.15, 0.2) is 0 Å². The molecule has 0 bridgehead atoms. The van der Waals surface area contributed by atoms with Crippen molar-refractivity contribution in [1.82, 2.24) is 4.98 Å². The number of ether oxygens (including phenoxy) is 1. The van der Waals surface area contributed by atoms with E-state index in [9.17, 15) is 18.3 Å². The van der Waals surface area contributed by atoms with Gasteiger partial charge in [0, 0.05) is 5.54 Å². The van der Waals surface area contributed by atoms with E-state index < -0.39 is 27.8 Å². The average Bonchev–Trinajstić information content (AvgIpc) is 2.66. The van der Waals surface area contributed by atoms with Crippen LogP contribution in [-0.4, -0.2) is 42.8 Å². The summed E-state index contributed by atoms with van der Waals surface area (Å²) in [4.78, 5) is 17.3. The zero-order valence-corrected chi connectivity index (χ0v) is 18.2. The third-order valence-corrected chi connectivity index (χ3v) is 6.40. The van der Waals surface area contributed by atoms with Crippen molar-refractivity contribution in [2.24, 2.45) is 0 Å². The first-order chi connectivity index (χ1) is 13.9. The minimum Gasteiger partial charge on any atom is -0.471 e. The molecule has 0 saturated heterocycles. The number of aromatic nitrogens is 1. The molecule has 160 valence electrons. The molecule has 1 amide bonds. The number of hydrogen-bond donors (Lipinski definition) is 1. The highest BCUT2D eigenvalue weighted by molar-refractivity contribution is 7.92. The molecule has 2 heterocycles. The minimum absolute atomic E-state index is 0.0708. The van der Waals surface area contributed by atoms with Gasteiger partial charge in [0.2, 0.25) is 5.88 Å². The summed E-state index contributed by atoms with van der Waals surface area (Å²) in [6.07, 6.45) is 1.36. The van der Waals surface area contributed by atoms with Gasteiger partial charge in [0.05, 0.1) is 23.3 Å². The highest BCUT2D eigenvalue weighted by Gasteiger charge is 2.36. The number of hydrogen-bond acceptors (Lipinski definition) is 5. The Kier molecular flexibility index (Phi) is 5.51. The second-order valence-electron chi connectivity index (χ2n) is 8.05. The minimum atomic E-state index is -3.94. The summed E-state index contributed by atoms with van der Waals surface area (Å²) in [6, 6.07) is 7.95. The zero-order chi connectivity index (χ0) is 22.3. The van der Waals surface area contributed by atoms with E-state index in [1.165, 1.54) is 28.7 Å². The summed E-state index contributed by atoms with van der Waals surface area (Å²) in [5.74, 6) is 0.139. The van der Waals surface area contributed by atoms with Crippen LogP contribution in [0.15, 0.2) is 48.0 Å². The van der Waals surface area contributed by atoms with Gasteiger partial charge in [-0.25, -0.2) is 18.2 Å². The predicted octanol–water partition coefficient (Wildman–Crippen LogP) is 3.98. The first-order valence-electron chi connectivity index (χ1n) is 9.40. The summed E-state index contributed by atoms with van der Waals surface area (Å²) in [7, 11) is -3.94. The summed E-state index contributed by atoms with van der Waals surface area (Å²) in [5, 5.41) is 9.70. The topological polar surface area (TPSA) is 100 Å². The zero-order valence-electron chi connectivity index (χ0n) is 17.4. The lowest BCUT2D eigenvalue weighted by atomic mass is 10.1. The highest BCUT2D eigenvalue weighted by Crippen LogP contribution is 2.39. The van der Waals surface area contributed by atoms with Gasteiger partial charge in [-0.05, 0) is 51.5 Å². The average molecular weight is 432 g/mol. The SMILES string of the molecule is C=Cc1cccc(S(=O)(=O)N2C[C@H](C)Oc3ncc(N(C(=O)O)C(C)(C)C)cc32)c1. The van der Waals surface area contributed by atoms with Gasteiger partial charge in [-0.3, -0.25) is 9.21 Å². The van der Waals surface area contributed by atoms with Crippen LogP contribution in [0.5, 0.6) is 5.88 Å². The number of rotatable bonds is 4. The molecule has 1 N–H and O–H groups in total. The predicted molar refractivity (Wildman–Crippen MR) is 116 cm³/mol. The molecule has 1 aliphatic rings. The van der Waals surface area contributed by atoms with E-state index >= 15 is 0 Å². The van der Waals surface area contributed by atoms with E-state index in [1.807, 2.05) is 0 Å². The fraction of sp³-hybridized carbons (Fsp3) is 0.333. The van der Waals surface area contributed by atoms with Crippen molar-refractivity contribution >= 4 is 33.6 Å². The van der Waals surface area contributed by atoms with E-state index in [4.69, 9.17) is 4.74 Å². The molecule has 2 aromatic rings. The number of carbonyl (C=O) groups is 1. The first-order valence-corrected chi connectivity index (χ1v) is 10.8. The highest BCUT2D eigenvalue weighted by atomic mass is 32.2. The van der Waals surface area contributed by atoms with E-state index in [0.29, 0.717) is 5.56 Å². The summed E-state index contributed by atoms with van der Waals surface area (Å²) >= 11 is 0. The van der Waals surface area contributed by atoms with Crippen LogP contribution >= 0.6 is 0 Å². The molecule has 1 aromatic heterocycles. The molecule has 8 nitrogen and oxygen atoms in total. The molecule has 0 radical (unpaired) electrons. The Morgan fingerprint density at radius 1 is 1.37 bits per heavy atom. The third kappa shape index (κ3) is 3.97. The van der Waals surface area contributed by atoms with Crippen molar-refractivity contribution in [2.45, 2.75) is 44.2 Å².